The molecule has 1 aromatic carbocycles. The molecule has 108 valence electrons. The van der Waals surface area contributed by atoms with Crippen molar-refractivity contribution in [3.8, 4) is 0 Å². The SMILES string of the molecule is CC1=C(C(=O)Nc2cc(Cl)cc(Cl)c2)S(=O)(=O)CCO1. The van der Waals surface area contributed by atoms with Gasteiger partial charge < -0.3 is 10.1 Å². The van der Waals surface area contributed by atoms with Crippen LogP contribution in [0.1, 0.15) is 6.92 Å². The second-order valence-electron chi connectivity index (χ2n) is 4.16. The van der Waals surface area contributed by atoms with E-state index < -0.39 is 15.7 Å². The lowest BCUT2D eigenvalue weighted by molar-refractivity contribution is -0.112. The van der Waals surface area contributed by atoms with Gasteiger partial charge in [-0.25, -0.2) is 8.42 Å². The zero-order valence-corrected chi connectivity index (χ0v) is 12.8. The fourth-order valence-corrected chi connectivity index (χ4v) is 3.67. The Bertz CT molecular complexity index is 677. The largest absolute Gasteiger partial charge is 0.496 e. The average Bonchev–Trinajstić information content (AvgIpc) is 2.25. The first-order chi connectivity index (χ1) is 9.29. The van der Waals surface area contributed by atoms with Crippen LogP contribution < -0.4 is 5.32 Å². The molecule has 0 saturated carbocycles. The molecule has 0 spiro atoms. The van der Waals surface area contributed by atoms with Crippen molar-refractivity contribution in [2.75, 3.05) is 17.7 Å². The molecule has 1 N–H and O–H groups in total. The molecule has 1 heterocycles. The van der Waals surface area contributed by atoms with Gasteiger partial charge in [0.25, 0.3) is 5.91 Å². The van der Waals surface area contributed by atoms with Crippen molar-refractivity contribution in [2.45, 2.75) is 6.92 Å². The maximum atomic E-state index is 12.1. The molecule has 0 aromatic heterocycles. The smallest absolute Gasteiger partial charge is 0.270 e. The topological polar surface area (TPSA) is 72.5 Å². The van der Waals surface area contributed by atoms with Gasteiger partial charge in [-0.3, -0.25) is 4.79 Å². The summed E-state index contributed by atoms with van der Waals surface area (Å²) < 4.78 is 28.9. The minimum atomic E-state index is -3.64. The second kappa shape index (κ2) is 5.63. The number of benzene rings is 1. The fraction of sp³-hybridized carbons (Fsp3) is 0.250. The molecular weight excluding hydrogens is 325 g/mol. The number of nitrogens with one attached hydrogen (secondary N) is 1. The molecule has 0 aliphatic carbocycles. The first-order valence-corrected chi connectivity index (χ1v) is 8.04. The molecular formula is C12H11Cl2NO4S. The van der Waals surface area contributed by atoms with Gasteiger partial charge in [0.05, 0.1) is 5.75 Å². The highest BCUT2D eigenvalue weighted by Gasteiger charge is 2.32. The number of amides is 1. The van der Waals surface area contributed by atoms with E-state index in [0.29, 0.717) is 15.7 Å². The summed E-state index contributed by atoms with van der Waals surface area (Å²) in [6.45, 7) is 1.49. The molecule has 0 radical (unpaired) electrons. The standard InChI is InChI=1S/C12H11Cl2NO4S/c1-7-11(20(17,18)3-2-19-7)12(16)15-10-5-8(13)4-9(14)6-10/h4-6H,2-3H2,1H3,(H,15,16). The predicted octanol–water partition coefficient (Wildman–Crippen LogP) is 2.61. The number of anilines is 1. The summed E-state index contributed by atoms with van der Waals surface area (Å²) in [4.78, 5) is 11.7. The monoisotopic (exact) mass is 335 g/mol. The van der Waals surface area contributed by atoms with E-state index >= 15 is 0 Å². The van der Waals surface area contributed by atoms with E-state index in [9.17, 15) is 13.2 Å². The van der Waals surface area contributed by atoms with E-state index in [0.717, 1.165) is 0 Å². The summed E-state index contributed by atoms with van der Waals surface area (Å²) >= 11 is 11.6. The van der Waals surface area contributed by atoms with Gasteiger partial charge in [0, 0.05) is 15.7 Å². The highest BCUT2D eigenvalue weighted by Crippen LogP contribution is 2.25. The summed E-state index contributed by atoms with van der Waals surface area (Å²) in [6.07, 6.45) is 0. The molecule has 8 heteroatoms. The van der Waals surface area contributed by atoms with Crippen molar-refractivity contribution >= 4 is 44.6 Å². The van der Waals surface area contributed by atoms with E-state index in [4.69, 9.17) is 27.9 Å². The van der Waals surface area contributed by atoms with Gasteiger partial charge in [0.1, 0.15) is 12.4 Å². The molecule has 20 heavy (non-hydrogen) atoms. The van der Waals surface area contributed by atoms with Gasteiger partial charge in [-0.1, -0.05) is 23.2 Å². The van der Waals surface area contributed by atoms with Crippen LogP contribution in [0.2, 0.25) is 10.0 Å². The number of carbonyl (C=O) groups excluding carboxylic acids is 1. The highest BCUT2D eigenvalue weighted by molar-refractivity contribution is 7.96. The summed E-state index contributed by atoms with van der Waals surface area (Å²) in [7, 11) is -3.64. The van der Waals surface area contributed by atoms with Crippen molar-refractivity contribution in [3.05, 3.63) is 38.9 Å². The Morgan fingerprint density at radius 1 is 1.25 bits per heavy atom. The average molecular weight is 336 g/mol. The Labute approximate surface area is 126 Å². The van der Waals surface area contributed by atoms with Crippen LogP contribution in [-0.2, 0) is 19.4 Å². The lowest BCUT2D eigenvalue weighted by Gasteiger charge is -2.18. The first kappa shape index (κ1) is 15.2. The maximum absolute atomic E-state index is 12.1. The molecule has 2 rings (SSSR count). The van der Waals surface area contributed by atoms with E-state index in [-0.39, 0.29) is 23.0 Å². The molecule has 1 aliphatic rings. The normalized spacial score (nSPS) is 17.6. The van der Waals surface area contributed by atoms with Gasteiger partial charge >= 0.3 is 0 Å². The molecule has 1 aliphatic heterocycles. The molecule has 1 amide bonds. The third-order valence-electron chi connectivity index (χ3n) is 2.63. The Kier molecular flexibility index (Phi) is 4.27. The highest BCUT2D eigenvalue weighted by atomic mass is 35.5. The van der Waals surface area contributed by atoms with E-state index in [1.54, 1.807) is 0 Å². The number of sulfone groups is 1. The van der Waals surface area contributed by atoms with Crippen molar-refractivity contribution in [1.29, 1.82) is 0 Å². The minimum Gasteiger partial charge on any atom is -0.496 e. The number of hydrogen-bond acceptors (Lipinski definition) is 4. The Morgan fingerprint density at radius 3 is 2.40 bits per heavy atom. The van der Waals surface area contributed by atoms with Crippen molar-refractivity contribution in [2.24, 2.45) is 0 Å². The van der Waals surface area contributed by atoms with Crippen molar-refractivity contribution in [1.82, 2.24) is 0 Å². The van der Waals surface area contributed by atoms with Gasteiger partial charge in [-0.05, 0) is 25.1 Å². The molecule has 0 saturated heterocycles. The molecule has 0 fully saturated rings. The zero-order valence-electron chi connectivity index (χ0n) is 10.4. The third kappa shape index (κ3) is 3.26. The number of hydrogen-bond donors (Lipinski definition) is 1. The second-order valence-corrected chi connectivity index (χ2v) is 7.08. The van der Waals surface area contributed by atoms with Crippen LogP contribution in [0, 0.1) is 0 Å². The Morgan fingerprint density at radius 2 is 1.85 bits per heavy atom. The Hall–Kier alpha value is -1.24. The summed E-state index contributed by atoms with van der Waals surface area (Å²) in [5, 5.41) is 3.12. The van der Waals surface area contributed by atoms with Gasteiger partial charge in [0.15, 0.2) is 14.7 Å². The number of rotatable bonds is 2. The number of allylic oxidation sites excluding steroid dienone is 1. The van der Waals surface area contributed by atoms with Crippen LogP contribution in [0.5, 0.6) is 0 Å². The van der Waals surface area contributed by atoms with Crippen LogP contribution in [0.25, 0.3) is 0 Å². The maximum Gasteiger partial charge on any atom is 0.270 e. The van der Waals surface area contributed by atoms with Crippen LogP contribution in [0.15, 0.2) is 28.9 Å². The van der Waals surface area contributed by atoms with E-state index in [1.807, 2.05) is 0 Å². The van der Waals surface area contributed by atoms with Gasteiger partial charge in [-0.2, -0.15) is 0 Å². The molecule has 0 bridgehead atoms. The predicted molar refractivity (Wildman–Crippen MR) is 77.5 cm³/mol. The van der Waals surface area contributed by atoms with Crippen molar-refractivity contribution in [3.63, 3.8) is 0 Å². The molecule has 0 atom stereocenters. The van der Waals surface area contributed by atoms with E-state index in [2.05, 4.69) is 5.32 Å². The third-order valence-corrected chi connectivity index (χ3v) is 4.86. The summed E-state index contributed by atoms with van der Waals surface area (Å²) in [6, 6.07) is 4.44. The van der Waals surface area contributed by atoms with Crippen LogP contribution in [-0.4, -0.2) is 26.7 Å². The lowest BCUT2D eigenvalue weighted by atomic mass is 10.3. The first-order valence-electron chi connectivity index (χ1n) is 5.63. The summed E-state index contributed by atoms with van der Waals surface area (Å²) in [5.41, 5.74) is 0.313. The van der Waals surface area contributed by atoms with E-state index in [1.165, 1.54) is 25.1 Å². The number of ether oxygens (including phenoxy) is 1. The van der Waals surface area contributed by atoms with Crippen LogP contribution in [0.3, 0.4) is 0 Å². The Balaban J connectivity index is 2.32. The lowest BCUT2D eigenvalue weighted by Crippen LogP contribution is -2.29. The molecule has 1 aromatic rings. The van der Waals surface area contributed by atoms with Crippen LogP contribution >= 0.6 is 23.2 Å². The number of halogens is 2. The molecule has 5 nitrogen and oxygen atoms in total. The molecule has 0 unspecified atom stereocenters. The van der Waals surface area contributed by atoms with Crippen molar-refractivity contribution < 1.29 is 17.9 Å². The fourth-order valence-electron chi connectivity index (χ4n) is 1.81. The minimum absolute atomic E-state index is 0.0495. The van der Waals surface area contributed by atoms with Gasteiger partial charge in [-0.15, -0.1) is 0 Å². The quantitative estimate of drug-likeness (QED) is 0.901. The van der Waals surface area contributed by atoms with Crippen LogP contribution in [0.4, 0.5) is 5.69 Å². The van der Waals surface area contributed by atoms with Gasteiger partial charge in [0.2, 0.25) is 0 Å². The zero-order chi connectivity index (χ0) is 14.9. The number of carbonyl (C=O) groups is 1. The summed E-state index contributed by atoms with van der Waals surface area (Å²) in [5.74, 6) is -0.897.